The summed E-state index contributed by atoms with van der Waals surface area (Å²) < 4.78 is 13.1. The summed E-state index contributed by atoms with van der Waals surface area (Å²) in [6.45, 7) is 0.189. The van der Waals surface area contributed by atoms with Crippen LogP contribution in [0.1, 0.15) is 0 Å². The van der Waals surface area contributed by atoms with Crippen molar-refractivity contribution in [2.24, 2.45) is 7.05 Å². The van der Waals surface area contributed by atoms with Gasteiger partial charge in [-0.2, -0.15) is 12.1 Å². The van der Waals surface area contributed by atoms with Crippen molar-refractivity contribution in [3.05, 3.63) is 49.6 Å². The Morgan fingerprint density at radius 3 is 2.62 bits per heavy atom. The zero-order valence-corrected chi connectivity index (χ0v) is 17.5. The monoisotopic (exact) mass is 489 g/mol. The topological polar surface area (TPSA) is 40.5 Å². The number of halogens is 2. The number of benzene rings is 1. The minimum atomic E-state index is -0.106. The number of aromatic nitrogens is 1. The molecule has 2 aromatic rings. The Labute approximate surface area is 165 Å². The molecule has 0 aliphatic rings. The van der Waals surface area contributed by atoms with Gasteiger partial charge in [-0.1, -0.05) is 27.2 Å². The van der Waals surface area contributed by atoms with Gasteiger partial charge in [0.2, 0.25) is 5.56 Å². The molecule has 1 heterocycles. The SMILES string of the molecule is COCOc1ccc(-c2[c-]cc(Br)c(=O)n2C)c(Br)c1.[Y]. The molecule has 0 saturated heterocycles. The molecule has 0 aliphatic carbocycles. The molecule has 0 spiro atoms. The molecule has 1 radical (unpaired) electrons. The normalized spacial score (nSPS) is 10.1. The Bertz CT molecular complexity index is 688. The van der Waals surface area contributed by atoms with Crippen LogP contribution in [0.5, 0.6) is 5.75 Å². The summed E-state index contributed by atoms with van der Waals surface area (Å²) >= 11 is 6.69. The van der Waals surface area contributed by atoms with Crippen LogP contribution in [0.3, 0.4) is 0 Å². The van der Waals surface area contributed by atoms with Gasteiger partial charge in [0.1, 0.15) is 5.75 Å². The zero-order chi connectivity index (χ0) is 14.7. The van der Waals surface area contributed by atoms with Crippen molar-refractivity contribution in [3.63, 3.8) is 0 Å². The van der Waals surface area contributed by atoms with Gasteiger partial charge >= 0.3 is 0 Å². The summed E-state index contributed by atoms with van der Waals surface area (Å²) in [4.78, 5) is 11.9. The molecule has 1 aromatic carbocycles. The molecule has 7 heteroatoms. The summed E-state index contributed by atoms with van der Waals surface area (Å²) in [5.41, 5.74) is 1.45. The molecule has 0 aliphatic heterocycles. The molecule has 0 amide bonds. The van der Waals surface area contributed by atoms with Gasteiger partial charge in [-0.25, -0.2) is 0 Å². The molecule has 0 saturated carbocycles. The van der Waals surface area contributed by atoms with E-state index in [-0.39, 0.29) is 45.1 Å². The van der Waals surface area contributed by atoms with E-state index in [0.717, 1.165) is 10.0 Å². The average Bonchev–Trinajstić information content (AvgIpc) is 2.44. The summed E-state index contributed by atoms with van der Waals surface area (Å²) in [5, 5.41) is 0. The van der Waals surface area contributed by atoms with Crippen molar-refractivity contribution >= 4 is 31.9 Å². The molecule has 109 valence electrons. The minimum Gasteiger partial charge on any atom is -0.468 e. The smallest absolute Gasteiger partial charge is 0.208 e. The third-order valence-corrected chi connectivity index (χ3v) is 3.94. The molecule has 21 heavy (non-hydrogen) atoms. The number of hydrogen-bond donors (Lipinski definition) is 0. The average molecular weight is 491 g/mol. The van der Waals surface area contributed by atoms with Crippen molar-refractivity contribution < 1.29 is 42.2 Å². The number of methoxy groups -OCH3 is 1. The number of rotatable bonds is 4. The van der Waals surface area contributed by atoms with E-state index in [1.54, 1.807) is 24.8 Å². The van der Waals surface area contributed by atoms with E-state index >= 15 is 0 Å². The summed E-state index contributed by atoms with van der Waals surface area (Å²) in [7, 11) is 3.27. The van der Waals surface area contributed by atoms with Crippen molar-refractivity contribution in [2.75, 3.05) is 13.9 Å². The third kappa shape index (κ3) is 4.48. The standard InChI is InChI=1S/C14H12Br2NO3.Y/c1-17-13(6-5-11(15)14(17)18)10-4-3-9(7-12(10)16)20-8-19-2;/h3-5,7H,8H2,1-2H3;/q-1;. The van der Waals surface area contributed by atoms with Crippen LogP contribution in [0.2, 0.25) is 0 Å². The van der Waals surface area contributed by atoms with Gasteiger partial charge < -0.3 is 14.0 Å². The molecule has 4 nitrogen and oxygen atoms in total. The fourth-order valence-corrected chi connectivity index (χ4v) is 2.64. The summed E-state index contributed by atoms with van der Waals surface area (Å²) in [6, 6.07) is 10.2. The van der Waals surface area contributed by atoms with E-state index in [9.17, 15) is 4.79 Å². The largest absolute Gasteiger partial charge is 0.468 e. The Hall–Kier alpha value is -0.00610. The predicted octanol–water partition coefficient (Wildman–Crippen LogP) is 3.36. The van der Waals surface area contributed by atoms with Crippen LogP contribution in [0.15, 0.2) is 38.0 Å². The van der Waals surface area contributed by atoms with E-state index in [1.165, 1.54) is 0 Å². The Balaban J connectivity index is 0.00000220. The van der Waals surface area contributed by atoms with Crippen molar-refractivity contribution in [2.45, 2.75) is 0 Å². The van der Waals surface area contributed by atoms with Gasteiger partial charge in [0.05, 0.1) is 0 Å². The predicted molar refractivity (Wildman–Crippen MR) is 83.9 cm³/mol. The molecule has 2 rings (SSSR count). The zero-order valence-electron chi connectivity index (χ0n) is 11.5. The molecule has 1 aromatic heterocycles. The van der Waals surface area contributed by atoms with E-state index in [2.05, 4.69) is 37.9 Å². The van der Waals surface area contributed by atoms with Crippen LogP contribution in [-0.2, 0) is 44.5 Å². The quantitative estimate of drug-likeness (QED) is 0.487. The second kappa shape index (κ2) is 8.58. The summed E-state index contributed by atoms with van der Waals surface area (Å²) in [5.74, 6) is 0.685. The summed E-state index contributed by atoms with van der Waals surface area (Å²) in [6.07, 6.45) is 0. The number of hydrogen-bond acceptors (Lipinski definition) is 3. The first-order chi connectivity index (χ1) is 9.54. The van der Waals surface area contributed by atoms with E-state index in [4.69, 9.17) is 9.47 Å². The van der Waals surface area contributed by atoms with E-state index in [1.807, 2.05) is 18.2 Å². The first kappa shape index (κ1) is 19.0. The van der Waals surface area contributed by atoms with E-state index in [0.29, 0.717) is 15.9 Å². The van der Waals surface area contributed by atoms with Gasteiger partial charge in [0.15, 0.2) is 6.79 Å². The minimum absolute atomic E-state index is 0. The Morgan fingerprint density at radius 2 is 2.00 bits per heavy atom. The third-order valence-electron chi connectivity index (χ3n) is 2.72. The maximum atomic E-state index is 11.9. The van der Waals surface area contributed by atoms with Crippen LogP contribution in [0, 0.1) is 6.07 Å². The van der Waals surface area contributed by atoms with Crippen LogP contribution in [0.25, 0.3) is 11.3 Å². The molecule has 0 unspecified atom stereocenters. The first-order valence-electron chi connectivity index (χ1n) is 5.73. The second-order valence-corrected chi connectivity index (χ2v) is 5.75. The Morgan fingerprint density at radius 1 is 1.29 bits per heavy atom. The molecule has 0 atom stereocenters. The maximum absolute atomic E-state index is 11.9. The fraction of sp³-hybridized carbons (Fsp3) is 0.214. The molecule has 0 bridgehead atoms. The Kier molecular flexibility index (Phi) is 7.78. The van der Waals surface area contributed by atoms with Crippen LogP contribution in [0.4, 0.5) is 0 Å². The van der Waals surface area contributed by atoms with Gasteiger partial charge in [-0.05, 0) is 21.1 Å². The molecule has 0 N–H and O–H groups in total. The number of ether oxygens (including phenoxy) is 2. The van der Waals surface area contributed by atoms with Crippen LogP contribution >= 0.6 is 31.9 Å². The second-order valence-electron chi connectivity index (χ2n) is 4.04. The van der Waals surface area contributed by atoms with Crippen molar-refractivity contribution in [3.8, 4) is 17.0 Å². The van der Waals surface area contributed by atoms with Gasteiger partial charge in [0.25, 0.3) is 0 Å². The van der Waals surface area contributed by atoms with Crippen LogP contribution < -0.4 is 10.3 Å². The number of pyridine rings is 1. The van der Waals surface area contributed by atoms with E-state index < -0.39 is 0 Å². The molecular weight excluding hydrogens is 479 g/mol. The van der Waals surface area contributed by atoms with Crippen molar-refractivity contribution in [1.82, 2.24) is 4.57 Å². The number of nitrogens with zero attached hydrogens (tertiary/aromatic N) is 1. The molecular formula is C14H12Br2NO3Y-. The van der Waals surface area contributed by atoms with Gasteiger partial charge in [-0.3, -0.25) is 4.79 Å². The fourth-order valence-electron chi connectivity index (χ4n) is 1.72. The van der Waals surface area contributed by atoms with Crippen molar-refractivity contribution in [1.29, 1.82) is 0 Å². The van der Waals surface area contributed by atoms with Gasteiger partial charge in [-0.15, -0.1) is 22.0 Å². The van der Waals surface area contributed by atoms with Gasteiger partial charge in [0, 0.05) is 46.9 Å². The molecule has 0 fully saturated rings. The maximum Gasteiger partial charge on any atom is 0.208 e. The first-order valence-corrected chi connectivity index (χ1v) is 7.32. The van der Waals surface area contributed by atoms with Crippen LogP contribution in [-0.4, -0.2) is 18.5 Å².